The number of hydrogen-bond donors (Lipinski definition) is 1. The molecule has 0 aromatic rings. The van der Waals surface area contributed by atoms with E-state index in [4.69, 9.17) is 5.11 Å². The van der Waals surface area contributed by atoms with Crippen molar-refractivity contribution in [3.8, 4) is 0 Å². The van der Waals surface area contributed by atoms with E-state index in [1.807, 2.05) is 13.8 Å². The second-order valence-corrected chi connectivity index (χ2v) is 3.31. The number of carboxylic acid groups (broad SMARTS) is 1. The molecule has 0 aliphatic carbocycles. The molecule has 0 aliphatic rings. The summed E-state index contributed by atoms with van der Waals surface area (Å²) >= 11 is 3.24. The van der Waals surface area contributed by atoms with Crippen molar-refractivity contribution in [1.82, 2.24) is 0 Å². The molecule has 66 valence electrons. The van der Waals surface area contributed by atoms with E-state index in [-0.39, 0.29) is 5.57 Å². The van der Waals surface area contributed by atoms with Crippen molar-refractivity contribution in [1.29, 1.82) is 0 Å². The van der Waals surface area contributed by atoms with Crippen LogP contribution in [0.5, 0.6) is 0 Å². The van der Waals surface area contributed by atoms with Crippen LogP contribution in [0.4, 0.5) is 0 Å². The molecule has 0 bridgehead atoms. The summed E-state index contributed by atoms with van der Waals surface area (Å²) in [6.45, 7) is 7.19. The van der Waals surface area contributed by atoms with Gasteiger partial charge in [-0.25, -0.2) is 4.79 Å². The highest BCUT2D eigenvalue weighted by Crippen LogP contribution is 2.15. The van der Waals surface area contributed by atoms with Gasteiger partial charge in [-0.05, 0) is 19.9 Å². The zero-order valence-electron chi connectivity index (χ0n) is 7.10. The lowest BCUT2D eigenvalue weighted by Crippen LogP contribution is -1.96. The predicted octanol–water partition coefficient (Wildman–Crippen LogP) is 2.87. The van der Waals surface area contributed by atoms with Crippen molar-refractivity contribution in [2.45, 2.75) is 13.8 Å². The van der Waals surface area contributed by atoms with Gasteiger partial charge in [-0.1, -0.05) is 34.2 Å². The Hall–Kier alpha value is -0.830. The smallest absolute Gasteiger partial charge is 0.335 e. The molecule has 12 heavy (non-hydrogen) atoms. The van der Waals surface area contributed by atoms with Crippen molar-refractivity contribution >= 4 is 21.9 Å². The molecule has 0 amide bonds. The van der Waals surface area contributed by atoms with Gasteiger partial charge >= 0.3 is 5.97 Å². The summed E-state index contributed by atoms with van der Waals surface area (Å²) in [4.78, 5) is 10.5. The third-order valence-corrected chi connectivity index (χ3v) is 2.25. The molecule has 0 saturated heterocycles. The van der Waals surface area contributed by atoms with E-state index >= 15 is 0 Å². The lowest BCUT2D eigenvalue weighted by molar-refractivity contribution is -0.132. The Balaban J connectivity index is 4.86. The topological polar surface area (TPSA) is 37.3 Å². The fourth-order valence-electron chi connectivity index (χ4n) is 0.489. The number of rotatable bonds is 3. The minimum absolute atomic E-state index is 0.183. The first-order valence-corrected chi connectivity index (χ1v) is 4.18. The van der Waals surface area contributed by atoms with Gasteiger partial charge in [-0.3, -0.25) is 0 Å². The quantitative estimate of drug-likeness (QED) is 0.598. The van der Waals surface area contributed by atoms with Crippen LogP contribution in [-0.4, -0.2) is 11.1 Å². The summed E-state index contributed by atoms with van der Waals surface area (Å²) in [6, 6.07) is 0. The molecule has 0 radical (unpaired) electrons. The molecular weight excluding hydrogens is 220 g/mol. The summed E-state index contributed by atoms with van der Waals surface area (Å²) in [5.41, 5.74) is 1.21. The Bertz CT molecular complexity index is 258. The third kappa shape index (κ3) is 3.53. The normalized spacial score (nSPS) is 10.8. The van der Waals surface area contributed by atoms with Crippen LogP contribution in [0.1, 0.15) is 13.8 Å². The van der Waals surface area contributed by atoms with Gasteiger partial charge in [0.1, 0.15) is 0 Å². The van der Waals surface area contributed by atoms with Crippen LogP contribution in [0, 0.1) is 0 Å². The van der Waals surface area contributed by atoms with E-state index in [0.29, 0.717) is 0 Å². The number of hydrogen-bond acceptors (Lipinski definition) is 1. The van der Waals surface area contributed by atoms with Crippen molar-refractivity contribution in [2.24, 2.45) is 0 Å². The highest BCUT2D eigenvalue weighted by Gasteiger charge is 2.02. The molecule has 0 atom stereocenters. The molecule has 0 aromatic carbocycles. The molecule has 0 rings (SSSR count). The molecule has 0 unspecified atom stereocenters. The molecule has 0 heterocycles. The van der Waals surface area contributed by atoms with E-state index in [2.05, 4.69) is 22.5 Å². The fraction of sp³-hybridized carbons (Fsp3) is 0.222. The minimum Gasteiger partial charge on any atom is -0.478 e. The Labute approximate surface area is 80.4 Å². The molecule has 0 fully saturated rings. The van der Waals surface area contributed by atoms with Crippen molar-refractivity contribution < 1.29 is 9.90 Å². The maximum absolute atomic E-state index is 10.5. The molecule has 0 aromatic heterocycles. The molecular formula is C9H11BrO2. The Morgan fingerprint density at radius 1 is 1.50 bits per heavy atom. The second-order valence-electron chi connectivity index (χ2n) is 2.46. The van der Waals surface area contributed by atoms with Crippen LogP contribution in [-0.2, 0) is 4.79 Å². The first-order valence-electron chi connectivity index (χ1n) is 3.39. The largest absolute Gasteiger partial charge is 0.478 e. The number of allylic oxidation sites excluding steroid dienone is 3. The summed E-state index contributed by atoms with van der Waals surface area (Å²) in [5, 5.41) is 8.62. The van der Waals surface area contributed by atoms with Gasteiger partial charge in [0, 0.05) is 4.48 Å². The maximum Gasteiger partial charge on any atom is 0.335 e. The van der Waals surface area contributed by atoms with E-state index in [1.54, 1.807) is 0 Å². The zero-order valence-corrected chi connectivity index (χ0v) is 8.68. The van der Waals surface area contributed by atoms with Crippen molar-refractivity contribution in [3.05, 3.63) is 34.4 Å². The third-order valence-electron chi connectivity index (χ3n) is 1.23. The van der Waals surface area contributed by atoms with Crippen LogP contribution in [0.2, 0.25) is 0 Å². The molecule has 2 nitrogen and oxygen atoms in total. The van der Waals surface area contributed by atoms with Gasteiger partial charge in [0.2, 0.25) is 0 Å². The lowest BCUT2D eigenvalue weighted by Gasteiger charge is -1.96. The Kier molecular flexibility index (Phi) is 4.59. The maximum atomic E-state index is 10.5. The molecule has 3 heteroatoms. The highest BCUT2D eigenvalue weighted by atomic mass is 79.9. The van der Waals surface area contributed by atoms with Gasteiger partial charge in [-0.2, -0.15) is 0 Å². The van der Waals surface area contributed by atoms with Gasteiger partial charge in [0.15, 0.2) is 0 Å². The minimum atomic E-state index is -0.969. The average Bonchev–Trinajstić information content (AvgIpc) is 1.98. The summed E-state index contributed by atoms with van der Waals surface area (Å²) < 4.78 is 0.778. The number of carboxylic acids is 1. The fourth-order valence-corrected chi connectivity index (χ4v) is 0.735. The summed E-state index contributed by atoms with van der Waals surface area (Å²) in [5.74, 6) is -0.969. The average molecular weight is 231 g/mol. The van der Waals surface area contributed by atoms with Crippen LogP contribution in [0.3, 0.4) is 0 Å². The van der Waals surface area contributed by atoms with Gasteiger partial charge in [-0.15, -0.1) is 0 Å². The SMILES string of the molecule is C=CC(=CC(Br)=C(C)C)C(=O)O. The van der Waals surface area contributed by atoms with E-state index in [9.17, 15) is 4.79 Å². The Morgan fingerprint density at radius 2 is 2.00 bits per heavy atom. The predicted molar refractivity (Wildman–Crippen MR) is 53.2 cm³/mol. The molecule has 1 N–H and O–H groups in total. The van der Waals surface area contributed by atoms with E-state index in [1.165, 1.54) is 12.2 Å². The lowest BCUT2D eigenvalue weighted by atomic mass is 10.2. The highest BCUT2D eigenvalue weighted by molar-refractivity contribution is 9.11. The monoisotopic (exact) mass is 230 g/mol. The van der Waals surface area contributed by atoms with E-state index < -0.39 is 5.97 Å². The van der Waals surface area contributed by atoms with Crippen LogP contribution >= 0.6 is 15.9 Å². The van der Waals surface area contributed by atoms with Gasteiger partial charge in [0.25, 0.3) is 0 Å². The number of aliphatic carboxylic acids is 1. The zero-order chi connectivity index (χ0) is 9.72. The van der Waals surface area contributed by atoms with Gasteiger partial charge in [0.05, 0.1) is 5.57 Å². The van der Waals surface area contributed by atoms with Crippen LogP contribution < -0.4 is 0 Å². The number of halogens is 1. The molecule has 0 saturated carbocycles. The van der Waals surface area contributed by atoms with Crippen molar-refractivity contribution in [3.63, 3.8) is 0 Å². The standard InChI is InChI=1S/C9H11BrO2/c1-4-7(9(11)12)5-8(10)6(2)3/h4-5H,1H2,2-3H3,(H,11,12). The molecule has 0 aliphatic heterocycles. The first-order chi connectivity index (χ1) is 5.49. The van der Waals surface area contributed by atoms with E-state index in [0.717, 1.165) is 10.1 Å². The van der Waals surface area contributed by atoms with Gasteiger partial charge < -0.3 is 5.11 Å². The summed E-state index contributed by atoms with van der Waals surface area (Å²) in [7, 11) is 0. The molecule has 0 spiro atoms. The number of carbonyl (C=O) groups is 1. The summed E-state index contributed by atoms with van der Waals surface area (Å²) in [6.07, 6.45) is 2.84. The van der Waals surface area contributed by atoms with Crippen LogP contribution in [0.25, 0.3) is 0 Å². The Morgan fingerprint density at radius 3 is 2.25 bits per heavy atom. The first kappa shape index (κ1) is 11.2. The second kappa shape index (κ2) is 4.93. The van der Waals surface area contributed by atoms with Crippen molar-refractivity contribution in [2.75, 3.05) is 0 Å². The van der Waals surface area contributed by atoms with Crippen LogP contribution in [0.15, 0.2) is 34.4 Å².